The van der Waals surface area contributed by atoms with Gasteiger partial charge in [-0.2, -0.15) is 0 Å². The summed E-state index contributed by atoms with van der Waals surface area (Å²) in [6.07, 6.45) is 7.59. The second kappa shape index (κ2) is 2.73. The normalized spacial score (nSPS) is 55.4. The van der Waals surface area contributed by atoms with Gasteiger partial charge in [-0.05, 0) is 68.6 Å². The lowest BCUT2D eigenvalue weighted by atomic mass is 9.62. The summed E-state index contributed by atoms with van der Waals surface area (Å²) in [6, 6.07) is 0.455. The van der Waals surface area contributed by atoms with Crippen LogP contribution in [0.4, 0.5) is 0 Å². The van der Waals surface area contributed by atoms with E-state index in [2.05, 4.69) is 6.92 Å². The summed E-state index contributed by atoms with van der Waals surface area (Å²) >= 11 is 0. The Balaban J connectivity index is 1.90. The van der Waals surface area contributed by atoms with E-state index in [-0.39, 0.29) is 0 Å². The summed E-state index contributed by atoms with van der Waals surface area (Å²) in [6.45, 7) is 2.23. The van der Waals surface area contributed by atoms with Crippen molar-refractivity contribution in [3.8, 4) is 0 Å². The first-order valence-electron chi connectivity index (χ1n) is 6.01. The largest absolute Gasteiger partial charge is 0.328 e. The zero-order valence-corrected chi connectivity index (χ0v) is 8.58. The highest BCUT2D eigenvalue weighted by Gasteiger charge is 2.50. The van der Waals surface area contributed by atoms with E-state index in [0.717, 1.165) is 29.6 Å². The molecule has 6 atom stereocenters. The molecule has 0 aromatic rings. The minimum atomic E-state index is 0.455. The molecule has 0 spiro atoms. The molecule has 0 heterocycles. The van der Waals surface area contributed by atoms with Crippen LogP contribution < -0.4 is 5.73 Å². The highest BCUT2D eigenvalue weighted by atomic mass is 14.7. The van der Waals surface area contributed by atoms with Gasteiger partial charge in [-0.15, -0.1) is 0 Å². The van der Waals surface area contributed by atoms with Gasteiger partial charge in [0.05, 0.1) is 0 Å². The quantitative estimate of drug-likeness (QED) is 0.657. The molecule has 3 bridgehead atoms. The van der Waals surface area contributed by atoms with E-state index in [9.17, 15) is 0 Å². The zero-order valence-electron chi connectivity index (χ0n) is 8.58. The van der Waals surface area contributed by atoms with Crippen molar-refractivity contribution in [1.82, 2.24) is 0 Å². The molecule has 0 aliphatic heterocycles. The van der Waals surface area contributed by atoms with Crippen molar-refractivity contribution in [3.63, 3.8) is 0 Å². The molecule has 3 fully saturated rings. The van der Waals surface area contributed by atoms with Crippen LogP contribution in [0.25, 0.3) is 0 Å². The number of rotatable bonds is 1. The van der Waals surface area contributed by atoms with Crippen LogP contribution in [0.5, 0.6) is 0 Å². The standard InChI is InChI=1S/C12H21N/c1-7(13)12-10-3-2-9-4-8(5-10)6-11(9)12/h7-12H,2-6,13H2,1H3/t7-,8+,9-,10+,11+,12+/m0/s1. The van der Waals surface area contributed by atoms with Crippen LogP contribution in [0.2, 0.25) is 0 Å². The lowest BCUT2D eigenvalue weighted by Crippen LogP contribution is -2.43. The second-order valence-electron chi connectivity index (χ2n) is 5.77. The van der Waals surface area contributed by atoms with Gasteiger partial charge in [0.15, 0.2) is 0 Å². The number of hydrogen-bond donors (Lipinski definition) is 1. The molecule has 74 valence electrons. The molecule has 0 unspecified atom stereocenters. The van der Waals surface area contributed by atoms with Gasteiger partial charge in [0, 0.05) is 6.04 Å². The molecule has 0 saturated heterocycles. The Kier molecular flexibility index (Phi) is 1.74. The van der Waals surface area contributed by atoms with Gasteiger partial charge >= 0.3 is 0 Å². The minimum Gasteiger partial charge on any atom is -0.328 e. The molecule has 3 saturated carbocycles. The lowest BCUT2D eigenvalue weighted by Gasteiger charge is -2.44. The molecule has 3 rings (SSSR count). The Morgan fingerprint density at radius 2 is 1.77 bits per heavy atom. The fourth-order valence-electron chi connectivity index (χ4n) is 4.76. The maximum Gasteiger partial charge on any atom is 0.00441 e. The van der Waals surface area contributed by atoms with Crippen molar-refractivity contribution in [1.29, 1.82) is 0 Å². The fourth-order valence-corrected chi connectivity index (χ4v) is 4.76. The lowest BCUT2D eigenvalue weighted by molar-refractivity contribution is 0.0663. The predicted octanol–water partition coefficient (Wildman–Crippen LogP) is 2.41. The summed E-state index contributed by atoms with van der Waals surface area (Å²) in [5.41, 5.74) is 6.14. The zero-order chi connectivity index (χ0) is 9.00. The average molecular weight is 179 g/mol. The molecule has 3 aliphatic rings. The highest BCUT2D eigenvalue weighted by Crippen LogP contribution is 2.58. The van der Waals surface area contributed by atoms with Gasteiger partial charge in [0.25, 0.3) is 0 Å². The molecule has 2 N–H and O–H groups in total. The van der Waals surface area contributed by atoms with E-state index >= 15 is 0 Å². The molecular weight excluding hydrogens is 158 g/mol. The minimum absolute atomic E-state index is 0.455. The SMILES string of the molecule is C[C@H](N)[C@@H]1[C@@H]2CC[C@H]3C[C@H](C2)C[C@H]31. The summed E-state index contributed by atoms with van der Waals surface area (Å²) < 4.78 is 0. The topological polar surface area (TPSA) is 26.0 Å². The van der Waals surface area contributed by atoms with Crippen LogP contribution in [-0.4, -0.2) is 6.04 Å². The van der Waals surface area contributed by atoms with E-state index in [1.807, 2.05) is 0 Å². The van der Waals surface area contributed by atoms with Crippen molar-refractivity contribution in [2.75, 3.05) is 0 Å². The molecule has 0 amide bonds. The third-order valence-electron chi connectivity index (χ3n) is 5.04. The fraction of sp³-hybridized carbons (Fsp3) is 1.00. The summed E-state index contributed by atoms with van der Waals surface area (Å²) in [4.78, 5) is 0. The van der Waals surface area contributed by atoms with E-state index in [0.29, 0.717) is 6.04 Å². The Morgan fingerprint density at radius 1 is 1.08 bits per heavy atom. The first-order valence-corrected chi connectivity index (χ1v) is 6.01. The summed E-state index contributed by atoms with van der Waals surface area (Å²) in [5.74, 6) is 5.08. The Bertz CT molecular complexity index is 211. The Morgan fingerprint density at radius 3 is 2.54 bits per heavy atom. The first-order chi connectivity index (χ1) is 6.25. The predicted molar refractivity (Wildman–Crippen MR) is 54.2 cm³/mol. The van der Waals surface area contributed by atoms with E-state index in [4.69, 9.17) is 5.73 Å². The number of nitrogens with two attached hydrogens (primary N) is 1. The monoisotopic (exact) mass is 179 g/mol. The van der Waals surface area contributed by atoms with Gasteiger partial charge in [-0.3, -0.25) is 0 Å². The van der Waals surface area contributed by atoms with Crippen molar-refractivity contribution in [2.45, 2.75) is 45.1 Å². The first kappa shape index (κ1) is 8.28. The third kappa shape index (κ3) is 1.09. The van der Waals surface area contributed by atoms with Crippen molar-refractivity contribution in [3.05, 3.63) is 0 Å². The van der Waals surface area contributed by atoms with Crippen molar-refractivity contribution in [2.24, 2.45) is 35.3 Å². The molecule has 1 nitrogen and oxygen atoms in total. The van der Waals surface area contributed by atoms with Gasteiger partial charge in [-0.25, -0.2) is 0 Å². The molecule has 0 radical (unpaired) electrons. The van der Waals surface area contributed by atoms with Gasteiger partial charge in [-0.1, -0.05) is 0 Å². The molecule has 13 heavy (non-hydrogen) atoms. The maximum absolute atomic E-state index is 6.14. The Labute approximate surface area is 81.1 Å². The average Bonchev–Trinajstić information content (AvgIpc) is 2.27. The number of hydrogen-bond acceptors (Lipinski definition) is 1. The molecule has 1 heteroatoms. The summed E-state index contributed by atoms with van der Waals surface area (Å²) in [7, 11) is 0. The van der Waals surface area contributed by atoms with Crippen LogP contribution >= 0.6 is 0 Å². The Hall–Kier alpha value is -0.0400. The van der Waals surface area contributed by atoms with Gasteiger partial charge in [0.2, 0.25) is 0 Å². The maximum atomic E-state index is 6.14. The molecular formula is C12H21N. The molecule has 3 aliphatic carbocycles. The van der Waals surface area contributed by atoms with E-state index in [1.54, 1.807) is 6.42 Å². The third-order valence-corrected chi connectivity index (χ3v) is 5.04. The summed E-state index contributed by atoms with van der Waals surface area (Å²) in [5, 5.41) is 0. The molecule has 0 aromatic carbocycles. The van der Waals surface area contributed by atoms with E-state index < -0.39 is 0 Å². The van der Waals surface area contributed by atoms with Gasteiger partial charge in [0.1, 0.15) is 0 Å². The second-order valence-corrected chi connectivity index (χ2v) is 5.77. The van der Waals surface area contributed by atoms with Crippen molar-refractivity contribution >= 4 is 0 Å². The van der Waals surface area contributed by atoms with Crippen molar-refractivity contribution < 1.29 is 0 Å². The van der Waals surface area contributed by atoms with Crippen LogP contribution in [0.3, 0.4) is 0 Å². The smallest absolute Gasteiger partial charge is 0.00441 e. The van der Waals surface area contributed by atoms with Crippen LogP contribution in [0.1, 0.15) is 39.0 Å². The molecule has 0 aromatic heterocycles. The van der Waals surface area contributed by atoms with Crippen LogP contribution in [0, 0.1) is 29.6 Å². The number of fused-ring (bicyclic) bond motifs is 2. The van der Waals surface area contributed by atoms with Gasteiger partial charge < -0.3 is 5.73 Å². The van der Waals surface area contributed by atoms with Crippen LogP contribution in [-0.2, 0) is 0 Å². The highest BCUT2D eigenvalue weighted by molar-refractivity contribution is 5.01. The van der Waals surface area contributed by atoms with Crippen LogP contribution in [0.15, 0.2) is 0 Å². The van der Waals surface area contributed by atoms with E-state index in [1.165, 1.54) is 25.7 Å².